The maximum Gasteiger partial charge on any atom is 0.222 e. The van der Waals surface area contributed by atoms with Crippen molar-refractivity contribution in [2.24, 2.45) is 5.92 Å². The average molecular weight is 413 g/mol. The van der Waals surface area contributed by atoms with Crippen LogP contribution in [-0.2, 0) is 9.53 Å². The summed E-state index contributed by atoms with van der Waals surface area (Å²) in [7, 11) is 0. The third kappa shape index (κ3) is 4.71. The number of carbonyl (C=O) groups is 1. The minimum absolute atomic E-state index is 0.153. The molecule has 0 aliphatic carbocycles. The van der Waals surface area contributed by atoms with Crippen molar-refractivity contribution in [2.75, 3.05) is 31.4 Å². The Morgan fingerprint density at radius 2 is 2.17 bits per heavy atom. The number of H-pyrrole nitrogens is 1. The Morgan fingerprint density at radius 3 is 2.93 bits per heavy atom. The van der Waals surface area contributed by atoms with E-state index in [-0.39, 0.29) is 5.91 Å². The second kappa shape index (κ2) is 8.84. The van der Waals surface area contributed by atoms with E-state index in [1.54, 1.807) is 18.0 Å². The monoisotopic (exact) mass is 412 g/mol. The molecule has 8 heteroatoms. The Bertz CT molecular complexity index is 1010. The third-order valence-electron chi connectivity index (χ3n) is 4.96. The Kier molecular flexibility index (Phi) is 6.01. The Labute approximate surface area is 173 Å². The molecule has 29 heavy (non-hydrogen) atoms. The number of rotatable bonds is 6. The number of pyridine rings is 2. The number of aromatic nitrogens is 3. The van der Waals surface area contributed by atoms with E-state index in [2.05, 4.69) is 15.3 Å². The maximum absolute atomic E-state index is 11.4. The summed E-state index contributed by atoms with van der Waals surface area (Å²) in [5, 5.41) is 4.58. The van der Waals surface area contributed by atoms with Gasteiger partial charge in [-0.25, -0.2) is 9.97 Å². The predicted octanol–water partition coefficient (Wildman–Crippen LogP) is 4.11. The van der Waals surface area contributed by atoms with Gasteiger partial charge in [0.1, 0.15) is 16.6 Å². The molecule has 152 valence electrons. The number of hydrogen-bond acceptors (Lipinski definition) is 6. The zero-order chi connectivity index (χ0) is 20.2. The van der Waals surface area contributed by atoms with Crippen LogP contribution in [0.15, 0.2) is 35.6 Å². The molecule has 0 bridgehead atoms. The molecule has 1 aliphatic rings. The van der Waals surface area contributed by atoms with Crippen LogP contribution in [0.25, 0.3) is 22.2 Å². The first-order valence-corrected chi connectivity index (χ1v) is 10.9. The summed E-state index contributed by atoms with van der Waals surface area (Å²) in [6, 6.07) is 5.81. The van der Waals surface area contributed by atoms with E-state index in [0.29, 0.717) is 18.3 Å². The smallest absolute Gasteiger partial charge is 0.222 e. The van der Waals surface area contributed by atoms with Gasteiger partial charge in [0.15, 0.2) is 0 Å². The first-order chi connectivity index (χ1) is 14.1. The number of thioether (sulfide) groups is 1. The number of anilines is 1. The van der Waals surface area contributed by atoms with Crippen LogP contribution in [-0.4, -0.2) is 46.9 Å². The van der Waals surface area contributed by atoms with Gasteiger partial charge in [-0.05, 0) is 31.1 Å². The number of hydrogen-bond donors (Lipinski definition) is 2. The average Bonchev–Trinajstić information content (AvgIpc) is 3.15. The fraction of sp³-hybridized carbons (Fsp3) is 0.381. The molecule has 3 aromatic rings. The SMILES string of the molecule is CSc1cc(OCC2CCOCC2)cc(-c2c[nH]c3cnc(NC(C)=O)cc23)n1. The van der Waals surface area contributed by atoms with Gasteiger partial charge in [0.05, 0.1) is 24.0 Å². The van der Waals surface area contributed by atoms with Gasteiger partial charge in [0.2, 0.25) is 5.91 Å². The molecule has 0 aromatic carbocycles. The number of fused-ring (bicyclic) bond motifs is 1. The minimum atomic E-state index is -0.153. The lowest BCUT2D eigenvalue weighted by Crippen LogP contribution is -2.21. The molecule has 0 atom stereocenters. The van der Waals surface area contributed by atoms with Crippen LogP contribution >= 0.6 is 11.8 Å². The number of carbonyl (C=O) groups excluding carboxylic acids is 1. The molecule has 1 saturated heterocycles. The summed E-state index contributed by atoms with van der Waals surface area (Å²) in [5.41, 5.74) is 2.65. The highest BCUT2D eigenvalue weighted by molar-refractivity contribution is 7.98. The fourth-order valence-corrected chi connectivity index (χ4v) is 3.84. The van der Waals surface area contributed by atoms with Crippen molar-refractivity contribution in [3.8, 4) is 17.0 Å². The van der Waals surface area contributed by atoms with Gasteiger partial charge in [0.25, 0.3) is 0 Å². The lowest BCUT2D eigenvalue weighted by molar-refractivity contribution is -0.114. The zero-order valence-electron chi connectivity index (χ0n) is 16.5. The van der Waals surface area contributed by atoms with Crippen molar-refractivity contribution >= 4 is 34.4 Å². The van der Waals surface area contributed by atoms with Crippen molar-refractivity contribution in [1.29, 1.82) is 0 Å². The van der Waals surface area contributed by atoms with Crippen molar-refractivity contribution in [3.63, 3.8) is 0 Å². The van der Waals surface area contributed by atoms with Crippen LogP contribution in [0.2, 0.25) is 0 Å². The Balaban J connectivity index is 1.64. The number of ether oxygens (including phenoxy) is 2. The molecular formula is C21H24N4O3S. The van der Waals surface area contributed by atoms with Gasteiger partial charge >= 0.3 is 0 Å². The highest BCUT2D eigenvalue weighted by atomic mass is 32.2. The van der Waals surface area contributed by atoms with Gasteiger partial charge in [-0.3, -0.25) is 4.79 Å². The summed E-state index contributed by atoms with van der Waals surface area (Å²) in [6.45, 7) is 3.78. The second-order valence-electron chi connectivity index (χ2n) is 7.10. The molecule has 0 saturated carbocycles. The van der Waals surface area contributed by atoms with Crippen LogP contribution in [0.3, 0.4) is 0 Å². The summed E-state index contributed by atoms with van der Waals surface area (Å²) in [4.78, 5) is 23.6. The van der Waals surface area contributed by atoms with Gasteiger partial charge in [0, 0.05) is 49.4 Å². The molecular weight excluding hydrogens is 388 g/mol. The third-order valence-corrected chi connectivity index (χ3v) is 5.58. The molecule has 0 radical (unpaired) electrons. The lowest BCUT2D eigenvalue weighted by Gasteiger charge is -2.22. The number of aromatic amines is 1. The molecule has 7 nitrogen and oxygen atoms in total. The predicted molar refractivity (Wildman–Crippen MR) is 114 cm³/mol. The van der Waals surface area contributed by atoms with Gasteiger partial charge < -0.3 is 19.8 Å². The molecule has 4 heterocycles. The van der Waals surface area contributed by atoms with E-state index in [4.69, 9.17) is 14.5 Å². The zero-order valence-corrected chi connectivity index (χ0v) is 17.3. The molecule has 1 fully saturated rings. The van der Waals surface area contributed by atoms with Crippen molar-refractivity contribution in [3.05, 3.63) is 30.6 Å². The summed E-state index contributed by atoms with van der Waals surface area (Å²) >= 11 is 1.58. The number of nitrogens with zero attached hydrogens (tertiary/aromatic N) is 2. The minimum Gasteiger partial charge on any atom is -0.493 e. The molecule has 2 N–H and O–H groups in total. The van der Waals surface area contributed by atoms with E-state index < -0.39 is 0 Å². The van der Waals surface area contributed by atoms with E-state index in [9.17, 15) is 4.79 Å². The van der Waals surface area contributed by atoms with E-state index in [1.165, 1.54) is 6.92 Å². The summed E-state index contributed by atoms with van der Waals surface area (Å²) in [5.74, 6) is 1.71. The molecule has 1 aliphatic heterocycles. The van der Waals surface area contributed by atoms with Crippen molar-refractivity contribution < 1.29 is 14.3 Å². The van der Waals surface area contributed by atoms with Crippen molar-refractivity contribution in [1.82, 2.24) is 15.0 Å². The van der Waals surface area contributed by atoms with Crippen LogP contribution in [0.4, 0.5) is 5.82 Å². The van der Waals surface area contributed by atoms with Gasteiger partial charge in [-0.15, -0.1) is 11.8 Å². The maximum atomic E-state index is 11.4. The Morgan fingerprint density at radius 1 is 1.34 bits per heavy atom. The molecule has 0 spiro atoms. The quantitative estimate of drug-likeness (QED) is 0.592. The summed E-state index contributed by atoms with van der Waals surface area (Å²) in [6.07, 6.45) is 7.70. The molecule has 1 amide bonds. The largest absolute Gasteiger partial charge is 0.493 e. The highest BCUT2D eigenvalue weighted by Crippen LogP contribution is 2.33. The van der Waals surface area contributed by atoms with Crippen LogP contribution in [0.5, 0.6) is 5.75 Å². The van der Waals surface area contributed by atoms with E-state index in [1.807, 2.05) is 30.7 Å². The highest BCUT2D eigenvalue weighted by Gasteiger charge is 2.16. The van der Waals surface area contributed by atoms with E-state index in [0.717, 1.165) is 59.0 Å². The van der Waals surface area contributed by atoms with Crippen molar-refractivity contribution in [2.45, 2.75) is 24.8 Å². The van der Waals surface area contributed by atoms with E-state index >= 15 is 0 Å². The van der Waals surface area contributed by atoms with Crippen LogP contribution < -0.4 is 10.1 Å². The lowest BCUT2D eigenvalue weighted by atomic mass is 10.0. The molecule has 3 aromatic heterocycles. The standard InChI is InChI=1S/C21H24N4O3S/c1-13(26)24-20-9-16-17(10-22-19(16)11-23-20)18-7-15(8-21(25-18)29-2)28-12-14-3-5-27-6-4-14/h7-11,14,22H,3-6,12H2,1-2H3,(H,23,24,26). The topological polar surface area (TPSA) is 89.1 Å². The first-order valence-electron chi connectivity index (χ1n) is 9.64. The normalized spacial score (nSPS) is 14.8. The number of amides is 1. The first kappa shape index (κ1) is 19.7. The van der Waals surface area contributed by atoms with Gasteiger partial charge in [-0.2, -0.15) is 0 Å². The molecule has 0 unspecified atom stereocenters. The fourth-order valence-electron chi connectivity index (χ4n) is 3.42. The summed E-state index contributed by atoms with van der Waals surface area (Å²) < 4.78 is 11.6. The molecule has 4 rings (SSSR count). The second-order valence-corrected chi connectivity index (χ2v) is 7.92. The Hall–Kier alpha value is -2.58. The van der Waals surface area contributed by atoms with Crippen LogP contribution in [0, 0.1) is 5.92 Å². The van der Waals surface area contributed by atoms with Gasteiger partial charge in [-0.1, -0.05) is 0 Å². The van der Waals surface area contributed by atoms with Crippen LogP contribution in [0.1, 0.15) is 19.8 Å². The number of nitrogens with one attached hydrogen (secondary N) is 2.